The Hall–Kier alpha value is -1.15. The maximum atomic E-state index is 12.5. The van der Waals surface area contributed by atoms with E-state index < -0.39 is 5.54 Å². The molecule has 1 atom stereocenters. The van der Waals surface area contributed by atoms with E-state index in [1.807, 2.05) is 12.1 Å². The SMILES string of the molecule is CCCN[C@@]1(c2ccccc2C)CCCCC1=O. The standard InChI is InChI=1S/C16H23NO/c1-3-12-17-16(11-7-6-10-15(16)18)14-9-5-4-8-13(14)2/h4-5,8-9,17H,3,6-7,10-12H2,1-2H3/t16-/m1/s1. The van der Waals surface area contributed by atoms with Gasteiger partial charge in [0, 0.05) is 6.42 Å². The average Bonchev–Trinajstić information content (AvgIpc) is 2.39. The van der Waals surface area contributed by atoms with Crippen LogP contribution >= 0.6 is 0 Å². The maximum Gasteiger partial charge on any atom is 0.157 e. The molecule has 1 N–H and O–H groups in total. The fourth-order valence-electron chi connectivity index (χ4n) is 2.99. The fourth-order valence-corrected chi connectivity index (χ4v) is 2.99. The molecule has 1 aliphatic carbocycles. The summed E-state index contributed by atoms with van der Waals surface area (Å²) in [6, 6.07) is 8.30. The topological polar surface area (TPSA) is 29.1 Å². The lowest BCUT2D eigenvalue weighted by Crippen LogP contribution is -2.51. The predicted octanol–water partition coefficient (Wildman–Crippen LogP) is 3.33. The van der Waals surface area contributed by atoms with E-state index >= 15 is 0 Å². The number of benzene rings is 1. The summed E-state index contributed by atoms with van der Waals surface area (Å²) in [7, 11) is 0. The molecule has 0 unspecified atom stereocenters. The first-order valence-corrected chi connectivity index (χ1v) is 7.05. The number of hydrogen-bond donors (Lipinski definition) is 1. The quantitative estimate of drug-likeness (QED) is 0.881. The molecule has 1 aromatic rings. The summed E-state index contributed by atoms with van der Waals surface area (Å²) >= 11 is 0. The molecule has 0 spiro atoms. The van der Waals surface area contributed by atoms with Crippen LogP contribution in [0.3, 0.4) is 0 Å². The van der Waals surface area contributed by atoms with Gasteiger partial charge in [-0.25, -0.2) is 0 Å². The van der Waals surface area contributed by atoms with E-state index in [9.17, 15) is 4.79 Å². The van der Waals surface area contributed by atoms with E-state index in [-0.39, 0.29) is 0 Å². The Morgan fingerprint density at radius 1 is 1.28 bits per heavy atom. The molecule has 1 aliphatic rings. The molecule has 2 nitrogen and oxygen atoms in total. The molecule has 1 fully saturated rings. The second-order valence-electron chi connectivity index (χ2n) is 5.28. The van der Waals surface area contributed by atoms with Gasteiger partial charge in [-0.3, -0.25) is 4.79 Å². The van der Waals surface area contributed by atoms with Gasteiger partial charge in [0.15, 0.2) is 5.78 Å². The molecule has 2 heteroatoms. The van der Waals surface area contributed by atoms with Crippen molar-refractivity contribution in [3.05, 3.63) is 35.4 Å². The molecular formula is C16H23NO. The Morgan fingerprint density at radius 3 is 2.72 bits per heavy atom. The molecule has 0 bridgehead atoms. The van der Waals surface area contributed by atoms with Crippen LogP contribution in [-0.4, -0.2) is 12.3 Å². The minimum atomic E-state index is -0.417. The lowest BCUT2D eigenvalue weighted by Gasteiger charge is -2.38. The van der Waals surface area contributed by atoms with Crippen LogP contribution in [0.4, 0.5) is 0 Å². The zero-order valence-electron chi connectivity index (χ0n) is 11.5. The first-order chi connectivity index (χ1) is 8.70. The normalized spacial score (nSPS) is 24.2. The zero-order valence-corrected chi connectivity index (χ0v) is 11.5. The molecule has 0 aliphatic heterocycles. The Morgan fingerprint density at radius 2 is 2.06 bits per heavy atom. The molecule has 0 radical (unpaired) electrons. The number of carbonyl (C=O) groups excluding carboxylic acids is 1. The molecular weight excluding hydrogens is 222 g/mol. The van der Waals surface area contributed by atoms with E-state index in [0.717, 1.165) is 32.2 Å². The van der Waals surface area contributed by atoms with Gasteiger partial charge in [0.05, 0.1) is 0 Å². The number of nitrogens with one attached hydrogen (secondary N) is 1. The van der Waals surface area contributed by atoms with Crippen molar-refractivity contribution >= 4 is 5.78 Å². The molecule has 1 aromatic carbocycles. The highest BCUT2D eigenvalue weighted by molar-refractivity contribution is 5.90. The van der Waals surface area contributed by atoms with Gasteiger partial charge in [-0.05, 0) is 43.9 Å². The van der Waals surface area contributed by atoms with E-state index in [4.69, 9.17) is 0 Å². The van der Waals surface area contributed by atoms with Crippen molar-refractivity contribution in [2.75, 3.05) is 6.54 Å². The first kappa shape index (κ1) is 13.3. The van der Waals surface area contributed by atoms with Crippen LogP contribution in [0.15, 0.2) is 24.3 Å². The van der Waals surface area contributed by atoms with Crippen LogP contribution in [-0.2, 0) is 10.3 Å². The summed E-state index contributed by atoms with van der Waals surface area (Å²) in [5, 5.41) is 3.54. The molecule has 1 saturated carbocycles. The number of hydrogen-bond acceptors (Lipinski definition) is 2. The number of rotatable bonds is 4. The average molecular weight is 245 g/mol. The number of ketones is 1. The van der Waals surface area contributed by atoms with Gasteiger partial charge in [-0.1, -0.05) is 37.6 Å². The van der Waals surface area contributed by atoms with E-state index in [1.54, 1.807) is 0 Å². The van der Waals surface area contributed by atoms with Crippen molar-refractivity contribution < 1.29 is 4.79 Å². The van der Waals surface area contributed by atoms with Crippen LogP contribution in [0.2, 0.25) is 0 Å². The zero-order chi connectivity index (χ0) is 13.0. The molecule has 0 aromatic heterocycles. The Kier molecular flexibility index (Phi) is 4.18. The highest BCUT2D eigenvalue weighted by Crippen LogP contribution is 2.36. The van der Waals surface area contributed by atoms with E-state index in [2.05, 4.69) is 31.3 Å². The van der Waals surface area contributed by atoms with Gasteiger partial charge in [-0.2, -0.15) is 0 Å². The van der Waals surface area contributed by atoms with Crippen molar-refractivity contribution in [3.8, 4) is 0 Å². The number of Topliss-reactive ketones (excluding diaryl/α,β-unsaturated/α-hetero) is 1. The number of aryl methyl sites for hydroxylation is 1. The van der Waals surface area contributed by atoms with Crippen molar-refractivity contribution in [1.82, 2.24) is 5.32 Å². The van der Waals surface area contributed by atoms with Gasteiger partial charge >= 0.3 is 0 Å². The van der Waals surface area contributed by atoms with Gasteiger partial charge in [-0.15, -0.1) is 0 Å². The summed E-state index contributed by atoms with van der Waals surface area (Å²) < 4.78 is 0. The summed E-state index contributed by atoms with van der Waals surface area (Å²) in [5.74, 6) is 0.372. The minimum absolute atomic E-state index is 0.372. The van der Waals surface area contributed by atoms with Gasteiger partial charge in [0.25, 0.3) is 0 Å². The van der Waals surface area contributed by atoms with Crippen LogP contribution in [0.25, 0.3) is 0 Å². The Bertz CT molecular complexity index is 427. The lowest BCUT2D eigenvalue weighted by molar-refractivity contribution is -0.128. The van der Waals surface area contributed by atoms with Crippen molar-refractivity contribution in [1.29, 1.82) is 0 Å². The predicted molar refractivity (Wildman–Crippen MR) is 74.6 cm³/mol. The minimum Gasteiger partial charge on any atom is -0.301 e. The summed E-state index contributed by atoms with van der Waals surface area (Å²) in [6.45, 7) is 5.15. The third-order valence-corrected chi connectivity index (χ3v) is 3.96. The highest BCUT2D eigenvalue weighted by atomic mass is 16.1. The lowest BCUT2D eigenvalue weighted by atomic mass is 9.74. The van der Waals surface area contributed by atoms with Crippen molar-refractivity contribution in [2.24, 2.45) is 0 Å². The first-order valence-electron chi connectivity index (χ1n) is 7.05. The van der Waals surface area contributed by atoms with Gasteiger partial charge in [0.1, 0.15) is 5.54 Å². The van der Waals surface area contributed by atoms with Crippen molar-refractivity contribution in [3.63, 3.8) is 0 Å². The third-order valence-electron chi connectivity index (χ3n) is 3.96. The molecule has 2 rings (SSSR count). The van der Waals surface area contributed by atoms with Crippen molar-refractivity contribution in [2.45, 2.75) is 51.5 Å². The smallest absolute Gasteiger partial charge is 0.157 e. The monoisotopic (exact) mass is 245 g/mol. The second-order valence-corrected chi connectivity index (χ2v) is 5.28. The molecule has 0 heterocycles. The summed E-state index contributed by atoms with van der Waals surface area (Å²) in [6.07, 6.45) is 4.89. The molecule has 0 saturated heterocycles. The Balaban J connectivity index is 2.41. The van der Waals surface area contributed by atoms with Gasteiger partial charge < -0.3 is 5.32 Å². The van der Waals surface area contributed by atoms with Crippen LogP contribution < -0.4 is 5.32 Å². The second kappa shape index (κ2) is 5.66. The fraction of sp³-hybridized carbons (Fsp3) is 0.562. The summed E-state index contributed by atoms with van der Waals surface area (Å²) in [4.78, 5) is 12.5. The summed E-state index contributed by atoms with van der Waals surface area (Å²) in [5.41, 5.74) is 1.99. The van der Waals surface area contributed by atoms with E-state index in [0.29, 0.717) is 12.2 Å². The molecule has 0 amide bonds. The highest BCUT2D eigenvalue weighted by Gasteiger charge is 2.41. The Labute approximate surface area is 110 Å². The van der Waals surface area contributed by atoms with Crippen LogP contribution in [0.5, 0.6) is 0 Å². The third kappa shape index (κ3) is 2.35. The number of carbonyl (C=O) groups is 1. The van der Waals surface area contributed by atoms with Gasteiger partial charge in [0.2, 0.25) is 0 Å². The maximum absolute atomic E-state index is 12.5. The van der Waals surface area contributed by atoms with Crippen LogP contribution in [0.1, 0.15) is 50.2 Å². The molecule has 18 heavy (non-hydrogen) atoms. The van der Waals surface area contributed by atoms with Crippen LogP contribution in [0, 0.1) is 6.92 Å². The largest absolute Gasteiger partial charge is 0.301 e. The van der Waals surface area contributed by atoms with E-state index in [1.165, 1.54) is 11.1 Å². The molecule has 98 valence electrons.